The minimum absolute atomic E-state index is 0.0152. The van der Waals surface area contributed by atoms with Crippen LogP contribution in [0.15, 0.2) is 30.3 Å². The molecule has 0 amide bonds. The second kappa shape index (κ2) is 6.83. The first-order valence-corrected chi connectivity index (χ1v) is 8.29. The molecular weight excluding hydrogens is 284 g/mol. The van der Waals surface area contributed by atoms with Crippen LogP contribution in [-0.2, 0) is 14.9 Å². The van der Waals surface area contributed by atoms with E-state index in [1.165, 1.54) is 12.0 Å². The van der Waals surface area contributed by atoms with Crippen LogP contribution in [0.1, 0.15) is 45.6 Å². The fourth-order valence-electron chi connectivity index (χ4n) is 3.57. The Balaban J connectivity index is 2.23. The molecule has 0 saturated heterocycles. The summed E-state index contributed by atoms with van der Waals surface area (Å²) >= 11 is 5.61. The maximum atomic E-state index is 11.6. The number of alkyl halides is 1. The number of rotatable bonds is 4. The number of hydrogen-bond donors (Lipinski definition) is 0. The molecule has 0 aliphatic heterocycles. The van der Waals surface area contributed by atoms with Crippen LogP contribution in [0.3, 0.4) is 0 Å². The van der Waals surface area contributed by atoms with Crippen molar-refractivity contribution in [1.29, 1.82) is 0 Å². The second-order valence-electron chi connectivity index (χ2n) is 6.77. The molecule has 1 saturated carbocycles. The zero-order valence-electron chi connectivity index (χ0n) is 13.1. The third kappa shape index (κ3) is 3.79. The van der Waals surface area contributed by atoms with Gasteiger partial charge >= 0.3 is 5.97 Å². The molecule has 0 N–H and O–H groups in total. The lowest BCUT2D eigenvalue weighted by atomic mass is 9.64. The molecule has 0 bridgehead atoms. The molecule has 1 unspecified atom stereocenters. The molecule has 0 heterocycles. The lowest BCUT2D eigenvalue weighted by Crippen LogP contribution is -2.43. The summed E-state index contributed by atoms with van der Waals surface area (Å²) in [6, 6.07) is 10.5. The maximum Gasteiger partial charge on any atom is 0.321 e. The molecule has 1 aromatic carbocycles. The van der Waals surface area contributed by atoms with E-state index in [0.717, 1.165) is 12.8 Å². The number of esters is 1. The Morgan fingerprint density at radius 3 is 2.57 bits per heavy atom. The summed E-state index contributed by atoms with van der Waals surface area (Å²) in [5.41, 5.74) is 1.29. The van der Waals surface area contributed by atoms with E-state index in [9.17, 15) is 4.79 Å². The third-order valence-corrected chi connectivity index (χ3v) is 5.11. The zero-order valence-corrected chi connectivity index (χ0v) is 13.9. The molecule has 1 aliphatic rings. The van der Waals surface area contributed by atoms with Gasteiger partial charge in [0.15, 0.2) is 0 Å². The van der Waals surface area contributed by atoms with Gasteiger partial charge in [0.1, 0.15) is 12.0 Å². The van der Waals surface area contributed by atoms with Crippen molar-refractivity contribution < 1.29 is 9.53 Å². The van der Waals surface area contributed by atoms with Crippen LogP contribution in [0.4, 0.5) is 0 Å². The average Bonchev–Trinajstić information content (AvgIpc) is 2.48. The standard InChI is InChI=1S/C18H25ClO2/c1-13-9-10-15(16(11-13)21-17(20)12-19)18(2,3)14-7-5-4-6-8-14/h4-8,13,15-16H,9-12H2,1-3H3/t13-,15?,16-/m1/s1. The first kappa shape index (κ1) is 16.4. The summed E-state index contributed by atoms with van der Waals surface area (Å²) in [5.74, 6) is 0.567. The highest BCUT2D eigenvalue weighted by Gasteiger charge is 2.41. The quantitative estimate of drug-likeness (QED) is 0.602. The predicted molar refractivity (Wildman–Crippen MR) is 86.6 cm³/mol. The van der Waals surface area contributed by atoms with E-state index < -0.39 is 0 Å². The monoisotopic (exact) mass is 308 g/mol. The number of benzene rings is 1. The van der Waals surface area contributed by atoms with Gasteiger partial charge in [-0.1, -0.05) is 57.5 Å². The highest BCUT2D eigenvalue weighted by atomic mass is 35.5. The molecule has 2 nitrogen and oxygen atoms in total. The molecule has 3 atom stereocenters. The van der Waals surface area contributed by atoms with Gasteiger partial charge in [-0.05, 0) is 29.7 Å². The molecule has 2 rings (SSSR count). The molecule has 0 radical (unpaired) electrons. The Hall–Kier alpha value is -1.02. The lowest BCUT2D eigenvalue weighted by molar-refractivity contribution is -0.153. The number of halogens is 1. The summed E-state index contributed by atoms with van der Waals surface area (Å²) in [7, 11) is 0. The van der Waals surface area contributed by atoms with Gasteiger partial charge in [-0.3, -0.25) is 4.79 Å². The van der Waals surface area contributed by atoms with Crippen molar-refractivity contribution in [3.05, 3.63) is 35.9 Å². The molecule has 1 aliphatic carbocycles. The van der Waals surface area contributed by atoms with E-state index >= 15 is 0 Å². The number of carbonyl (C=O) groups is 1. The topological polar surface area (TPSA) is 26.3 Å². The molecule has 21 heavy (non-hydrogen) atoms. The fraction of sp³-hybridized carbons (Fsp3) is 0.611. The van der Waals surface area contributed by atoms with Crippen molar-refractivity contribution in [3.63, 3.8) is 0 Å². The van der Waals surface area contributed by atoms with Gasteiger partial charge in [-0.15, -0.1) is 11.6 Å². The molecule has 3 heteroatoms. The number of hydrogen-bond acceptors (Lipinski definition) is 2. The van der Waals surface area contributed by atoms with Crippen molar-refractivity contribution >= 4 is 17.6 Å². The van der Waals surface area contributed by atoms with Gasteiger partial charge in [0.25, 0.3) is 0 Å². The van der Waals surface area contributed by atoms with Gasteiger partial charge in [0.2, 0.25) is 0 Å². The summed E-state index contributed by atoms with van der Waals surface area (Å²) < 4.78 is 5.66. The van der Waals surface area contributed by atoms with E-state index in [4.69, 9.17) is 16.3 Å². The molecular formula is C18H25ClO2. The van der Waals surface area contributed by atoms with Crippen molar-refractivity contribution in [2.24, 2.45) is 11.8 Å². The van der Waals surface area contributed by atoms with Crippen LogP contribution >= 0.6 is 11.6 Å². The van der Waals surface area contributed by atoms with Gasteiger partial charge in [-0.2, -0.15) is 0 Å². The molecule has 1 fully saturated rings. The van der Waals surface area contributed by atoms with Gasteiger partial charge in [0.05, 0.1) is 0 Å². The van der Waals surface area contributed by atoms with Crippen LogP contribution in [0.25, 0.3) is 0 Å². The normalized spacial score (nSPS) is 26.4. The van der Waals surface area contributed by atoms with Crippen molar-refractivity contribution in [2.45, 2.75) is 51.6 Å². The van der Waals surface area contributed by atoms with Crippen molar-refractivity contribution in [3.8, 4) is 0 Å². The molecule has 0 aromatic heterocycles. The summed E-state index contributed by atoms with van der Waals surface area (Å²) in [6.45, 7) is 6.74. The van der Waals surface area contributed by atoms with Crippen molar-refractivity contribution in [1.82, 2.24) is 0 Å². The Bertz CT molecular complexity index is 469. The number of ether oxygens (including phenoxy) is 1. The van der Waals surface area contributed by atoms with Crippen molar-refractivity contribution in [2.75, 3.05) is 5.88 Å². The SMILES string of the molecule is C[C@@H]1CCC(C(C)(C)c2ccccc2)[C@H](OC(=O)CCl)C1. The fourth-order valence-corrected chi connectivity index (χ4v) is 3.63. The molecule has 1 aromatic rings. The molecule has 0 spiro atoms. The lowest BCUT2D eigenvalue weighted by Gasteiger charge is -2.43. The van der Waals surface area contributed by atoms with Gasteiger partial charge in [0, 0.05) is 5.92 Å². The predicted octanol–water partition coefficient (Wildman–Crippen LogP) is 4.55. The first-order valence-electron chi connectivity index (χ1n) is 7.76. The molecule has 116 valence electrons. The van der Waals surface area contributed by atoms with Crippen LogP contribution in [-0.4, -0.2) is 18.0 Å². The smallest absolute Gasteiger partial charge is 0.321 e. The Morgan fingerprint density at radius 2 is 1.95 bits per heavy atom. The third-order valence-electron chi connectivity index (χ3n) is 4.89. The van der Waals surface area contributed by atoms with Crippen LogP contribution < -0.4 is 0 Å². The van der Waals surface area contributed by atoms with E-state index in [-0.39, 0.29) is 23.4 Å². The van der Waals surface area contributed by atoms with Crippen LogP contribution in [0.2, 0.25) is 0 Å². The summed E-state index contributed by atoms with van der Waals surface area (Å²) in [5, 5.41) is 0. The van der Waals surface area contributed by atoms with E-state index in [2.05, 4.69) is 45.0 Å². The van der Waals surface area contributed by atoms with E-state index in [1.807, 2.05) is 6.07 Å². The van der Waals surface area contributed by atoms with Crippen LogP contribution in [0, 0.1) is 11.8 Å². The van der Waals surface area contributed by atoms with Crippen LogP contribution in [0.5, 0.6) is 0 Å². The van der Waals surface area contributed by atoms with E-state index in [1.54, 1.807) is 0 Å². The highest BCUT2D eigenvalue weighted by Crippen LogP contribution is 2.43. The Kier molecular flexibility index (Phi) is 5.32. The minimum Gasteiger partial charge on any atom is -0.461 e. The Morgan fingerprint density at radius 1 is 1.29 bits per heavy atom. The summed E-state index contributed by atoms with van der Waals surface area (Å²) in [6.07, 6.45) is 3.18. The minimum atomic E-state index is -0.301. The van der Waals surface area contributed by atoms with E-state index in [0.29, 0.717) is 11.8 Å². The largest absolute Gasteiger partial charge is 0.461 e. The average molecular weight is 309 g/mol. The first-order chi connectivity index (χ1) is 9.95. The van der Waals surface area contributed by atoms with Gasteiger partial charge < -0.3 is 4.74 Å². The van der Waals surface area contributed by atoms with Gasteiger partial charge in [-0.25, -0.2) is 0 Å². The number of carbonyl (C=O) groups excluding carboxylic acids is 1. The zero-order chi connectivity index (χ0) is 15.5. The maximum absolute atomic E-state index is 11.6. The highest BCUT2D eigenvalue weighted by molar-refractivity contribution is 6.26. The summed E-state index contributed by atoms with van der Waals surface area (Å²) in [4.78, 5) is 11.6. The Labute approximate surface area is 132 Å². The second-order valence-corrected chi connectivity index (χ2v) is 7.04.